The van der Waals surface area contributed by atoms with E-state index in [1.807, 2.05) is 6.92 Å². The molecule has 25 heavy (non-hydrogen) atoms. The second-order valence-electron chi connectivity index (χ2n) is 5.26. The number of hydrogen-bond acceptors (Lipinski definition) is 4. The number of benzene rings is 2. The maximum absolute atomic E-state index is 13.2. The van der Waals surface area contributed by atoms with Crippen molar-refractivity contribution < 1.29 is 22.3 Å². The first-order chi connectivity index (χ1) is 11.8. The molecule has 0 atom stereocenters. The van der Waals surface area contributed by atoms with Gasteiger partial charge in [0.2, 0.25) is 15.9 Å². The van der Waals surface area contributed by atoms with E-state index in [1.165, 1.54) is 18.2 Å². The van der Waals surface area contributed by atoms with Gasteiger partial charge in [0.05, 0.1) is 18.6 Å². The average Bonchev–Trinajstić information content (AvgIpc) is 2.52. The summed E-state index contributed by atoms with van der Waals surface area (Å²) in [5.74, 6) is -0.584. The zero-order chi connectivity index (χ0) is 18.4. The molecule has 0 spiro atoms. The van der Waals surface area contributed by atoms with E-state index >= 15 is 0 Å². The van der Waals surface area contributed by atoms with E-state index in [4.69, 9.17) is 4.74 Å². The highest BCUT2D eigenvalue weighted by Gasteiger charge is 2.21. The van der Waals surface area contributed by atoms with Crippen LogP contribution in [0.1, 0.15) is 6.92 Å². The van der Waals surface area contributed by atoms with E-state index < -0.39 is 28.3 Å². The number of hydrogen-bond donors (Lipinski definition) is 1. The third-order valence-corrected chi connectivity index (χ3v) is 4.35. The summed E-state index contributed by atoms with van der Waals surface area (Å²) in [5.41, 5.74) is 0.560. The molecule has 2 aromatic rings. The fourth-order valence-corrected chi connectivity index (χ4v) is 3.04. The van der Waals surface area contributed by atoms with Gasteiger partial charge in [0.25, 0.3) is 0 Å². The Hall–Kier alpha value is -2.61. The Bertz CT molecular complexity index is 855. The lowest BCUT2D eigenvalue weighted by Crippen LogP contribution is -2.37. The number of ether oxygens (including phenoxy) is 1. The quantitative estimate of drug-likeness (QED) is 0.817. The van der Waals surface area contributed by atoms with Crippen LogP contribution in [0.3, 0.4) is 0 Å². The van der Waals surface area contributed by atoms with Crippen LogP contribution in [0.4, 0.5) is 15.8 Å². The van der Waals surface area contributed by atoms with E-state index in [1.54, 1.807) is 24.3 Å². The smallest absolute Gasteiger partial charge is 0.245 e. The molecule has 0 heterocycles. The summed E-state index contributed by atoms with van der Waals surface area (Å²) in [6.07, 6.45) is 1.01. The average molecular weight is 366 g/mol. The number of carbonyl (C=O) groups is 1. The minimum absolute atomic E-state index is 0.251. The molecular formula is C17H19FN2O4S. The van der Waals surface area contributed by atoms with Crippen LogP contribution in [0.15, 0.2) is 48.5 Å². The molecule has 0 bridgehead atoms. The molecule has 6 nitrogen and oxygen atoms in total. The molecule has 0 aliphatic rings. The second kappa shape index (κ2) is 7.98. The van der Waals surface area contributed by atoms with E-state index in [0.29, 0.717) is 18.0 Å². The molecule has 0 radical (unpaired) electrons. The van der Waals surface area contributed by atoms with E-state index in [-0.39, 0.29) is 5.69 Å². The fraction of sp³-hybridized carbons (Fsp3) is 0.235. The first-order valence-corrected chi connectivity index (χ1v) is 9.40. The number of sulfonamides is 1. The van der Waals surface area contributed by atoms with E-state index in [2.05, 4.69) is 5.32 Å². The Balaban J connectivity index is 2.21. The Morgan fingerprint density at radius 2 is 1.92 bits per heavy atom. The maximum atomic E-state index is 13.2. The molecule has 0 saturated carbocycles. The number of rotatable bonds is 7. The largest absolute Gasteiger partial charge is 0.494 e. The lowest BCUT2D eigenvalue weighted by Gasteiger charge is -2.22. The molecule has 134 valence electrons. The number of amides is 1. The van der Waals surface area contributed by atoms with Crippen molar-refractivity contribution in [2.75, 3.05) is 29.0 Å². The van der Waals surface area contributed by atoms with Crippen LogP contribution in [-0.4, -0.2) is 33.7 Å². The van der Waals surface area contributed by atoms with Gasteiger partial charge in [-0.1, -0.05) is 12.1 Å². The van der Waals surface area contributed by atoms with Crippen molar-refractivity contribution >= 4 is 27.3 Å². The van der Waals surface area contributed by atoms with Crippen LogP contribution in [0.25, 0.3) is 0 Å². The summed E-state index contributed by atoms with van der Waals surface area (Å²) in [6, 6.07) is 11.8. The number of carbonyl (C=O) groups excluding carboxylic acids is 1. The van der Waals surface area contributed by atoms with Crippen LogP contribution >= 0.6 is 0 Å². The van der Waals surface area contributed by atoms with Crippen LogP contribution in [-0.2, 0) is 14.8 Å². The highest BCUT2D eigenvalue weighted by Crippen LogP contribution is 2.23. The predicted molar refractivity (Wildman–Crippen MR) is 94.8 cm³/mol. The zero-order valence-electron chi connectivity index (χ0n) is 13.9. The summed E-state index contributed by atoms with van der Waals surface area (Å²) in [6.45, 7) is 1.81. The first kappa shape index (κ1) is 18.7. The molecule has 0 saturated heterocycles. The molecular weight excluding hydrogens is 347 g/mol. The van der Waals surface area contributed by atoms with Gasteiger partial charge in [-0.15, -0.1) is 0 Å². The minimum atomic E-state index is -3.70. The number of nitrogens with zero attached hydrogens (tertiary/aromatic N) is 1. The molecule has 0 fully saturated rings. The topological polar surface area (TPSA) is 75.7 Å². The molecule has 2 rings (SSSR count). The fourth-order valence-electron chi connectivity index (χ4n) is 2.19. The molecule has 0 unspecified atom stereocenters. The molecule has 0 aliphatic heterocycles. The molecule has 2 aromatic carbocycles. The van der Waals surface area contributed by atoms with Gasteiger partial charge in [0.1, 0.15) is 18.1 Å². The van der Waals surface area contributed by atoms with Gasteiger partial charge in [-0.05, 0) is 37.3 Å². The molecule has 8 heteroatoms. The Morgan fingerprint density at radius 3 is 2.56 bits per heavy atom. The summed E-state index contributed by atoms with van der Waals surface area (Å²) in [4.78, 5) is 12.2. The first-order valence-electron chi connectivity index (χ1n) is 7.55. The summed E-state index contributed by atoms with van der Waals surface area (Å²) >= 11 is 0. The molecule has 0 aliphatic carbocycles. The van der Waals surface area contributed by atoms with Gasteiger partial charge in [-0.2, -0.15) is 0 Å². The normalized spacial score (nSPS) is 11.0. The Morgan fingerprint density at radius 1 is 1.20 bits per heavy atom. The van der Waals surface area contributed by atoms with Gasteiger partial charge in [0, 0.05) is 11.8 Å². The SMILES string of the molecule is CCOc1cccc(N(CC(=O)Nc2cccc(F)c2)S(C)(=O)=O)c1. The summed E-state index contributed by atoms with van der Waals surface area (Å²) in [7, 11) is -3.70. The highest BCUT2D eigenvalue weighted by atomic mass is 32.2. The minimum Gasteiger partial charge on any atom is -0.494 e. The third kappa shape index (κ3) is 5.46. The molecule has 1 amide bonds. The Kier molecular flexibility index (Phi) is 5.97. The van der Waals surface area contributed by atoms with Crippen molar-refractivity contribution in [3.8, 4) is 5.75 Å². The summed E-state index contributed by atoms with van der Waals surface area (Å²) < 4.78 is 43.7. The monoisotopic (exact) mass is 366 g/mol. The van der Waals surface area contributed by atoms with Crippen molar-refractivity contribution in [2.45, 2.75) is 6.92 Å². The number of halogens is 1. The van der Waals surface area contributed by atoms with Gasteiger partial charge in [-0.25, -0.2) is 12.8 Å². The van der Waals surface area contributed by atoms with Crippen molar-refractivity contribution in [2.24, 2.45) is 0 Å². The molecule has 0 aromatic heterocycles. The van der Waals surface area contributed by atoms with E-state index in [9.17, 15) is 17.6 Å². The molecule has 1 N–H and O–H groups in total. The van der Waals surface area contributed by atoms with E-state index in [0.717, 1.165) is 16.6 Å². The van der Waals surface area contributed by atoms with Crippen LogP contribution in [0.2, 0.25) is 0 Å². The lowest BCUT2D eigenvalue weighted by molar-refractivity contribution is -0.114. The number of nitrogens with one attached hydrogen (secondary N) is 1. The van der Waals surface area contributed by atoms with Gasteiger partial charge < -0.3 is 10.1 Å². The Labute approximate surface area is 146 Å². The van der Waals surface area contributed by atoms with Crippen molar-refractivity contribution in [1.82, 2.24) is 0 Å². The maximum Gasteiger partial charge on any atom is 0.245 e. The van der Waals surface area contributed by atoms with Crippen LogP contribution in [0, 0.1) is 5.82 Å². The lowest BCUT2D eigenvalue weighted by atomic mass is 10.3. The van der Waals surface area contributed by atoms with Crippen molar-refractivity contribution in [3.63, 3.8) is 0 Å². The third-order valence-electron chi connectivity index (χ3n) is 3.21. The van der Waals surface area contributed by atoms with Gasteiger partial charge in [-0.3, -0.25) is 9.10 Å². The zero-order valence-corrected chi connectivity index (χ0v) is 14.7. The van der Waals surface area contributed by atoms with Gasteiger partial charge >= 0.3 is 0 Å². The second-order valence-corrected chi connectivity index (χ2v) is 7.17. The van der Waals surface area contributed by atoms with Gasteiger partial charge in [0.15, 0.2) is 0 Å². The predicted octanol–water partition coefficient (Wildman–Crippen LogP) is 2.63. The van der Waals surface area contributed by atoms with Crippen molar-refractivity contribution in [3.05, 3.63) is 54.3 Å². The van der Waals surface area contributed by atoms with Crippen molar-refractivity contribution in [1.29, 1.82) is 0 Å². The van der Waals surface area contributed by atoms with Crippen LogP contribution in [0.5, 0.6) is 5.75 Å². The number of anilines is 2. The highest BCUT2D eigenvalue weighted by molar-refractivity contribution is 7.92. The standard InChI is InChI=1S/C17H19FN2O4S/c1-3-24-16-9-5-8-15(11-16)20(25(2,22)23)12-17(21)19-14-7-4-6-13(18)10-14/h4-11H,3,12H2,1-2H3,(H,19,21). The van der Waals surface area contributed by atoms with Crippen LogP contribution < -0.4 is 14.4 Å². The summed E-state index contributed by atoms with van der Waals surface area (Å²) in [5, 5.41) is 2.48.